The van der Waals surface area contributed by atoms with Gasteiger partial charge in [0.15, 0.2) is 5.82 Å². The summed E-state index contributed by atoms with van der Waals surface area (Å²) in [4.78, 5) is 30.6. The maximum atomic E-state index is 16.0. The molecule has 2 saturated heterocycles. The van der Waals surface area contributed by atoms with Gasteiger partial charge in [0.2, 0.25) is 5.95 Å². The van der Waals surface area contributed by atoms with Crippen LogP contribution in [0.15, 0.2) is 30.5 Å². The fraction of sp³-hybridized carbons (Fsp3) is 0.543. The molecule has 12 heteroatoms. The number of aliphatic hydroxyl groups excluding tert-OH is 1. The molecular formula is C35H46FN9O2. The monoisotopic (exact) mass is 643 g/mol. The van der Waals surface area contributed by atoms with Gasteiger partial charge in [-0.3, -0.25) is 19.7 Å². The molecule has 2 aliphatic heterocycles. The quantitative estimate of drug-likeness (QED) is 0.316. The number of nitrogens with one attached hydrogen (secondary N) is 1. The summed E-state index contributed by atoms with van der Waals surface area (Å²) >= 11 is 0. The second-order valence-corrected chi connectivity index (χ2v) is 13.7. The first kappa shape index (κ1) is 31.7. The molecule has 0 radical (unpaired) electrons. The van der Waals surface area contributed by atoms with E-state index < -0.39 is 11.7 Å². The molecule has 3 fully saturated rings. The van der Waals surface area contributed by atoms with Crippen LogP contribution in [-0.2, 0) is 7.05 Å². The molecule has 2 N–H and O–H groups in total. The smallest absolute Gasteiger partial charge is 0.261 e. The summed E-state index contributed by atoms with van der Waals surface area (Å²) in [5, 5.41) is 17.5. The minimum atomic E-state index is -0.685. The van der Waals surface area contributed by atoms with Crippen molar-refractivity contribution in [3.8, 4) is 11.3 Å². The lowest BCUT2D eigenvalue weighted by Crippen LogP contribution is -2.52. The molecular weight excluding hydrogens is 597 g/mol. The third kappa shape index (κ3) is 6.26. The van der Waals surface area contributed by atoms with Gasteiger partial charge in [-0.1, -0.05) is 0 Å². The van der Waals surface area contributed by atoms with Gasteiger partial charge in [0.25, 0.3) is 5.91 Å². The Hall–Kier alpha value is -3.87. The highest BCUT2D eigenvalue weighted by molar-refractivity contribution is 6.05. The number of aromatic nitrogens is 5. The number of piperazine rings is 1. The summed E-state index contributed by atoms with van der Waals surface area (Å²) in [5.74, 6) is -0.866. The second-order valence-electron chi connectivity index (χ2n) is 13.7. The molecule has 250 valence electrons. The lowest BCUT2D eigenvalue weighted by Gasteiger charge is -2.42. The number of rotatable bonds is 6. The summed E-state index contributed by atoms with van der Waals surface area (Å²) in [6, 6.07) is 8.51. The van der Waals surface area contributed by atoms with E-state index in [0.29, 0.717) is 36.1 Å². The zero-order chi connectivity index (χ0) is 32.8. The standard InChI is InChI=1S/C35H46FN9O2/c1-22-19-28(32(36)33(38-22)29-21-37-42(4)23(29)2)34(47)40-35-39-30-10-7-26(20-31(30)45(35)25-5-8-27(46)9-6-25)43-13-11-24(12-14-43)44-17-15-41(3)16-18-44/h7,10,19-21,24-25,27,46H,5-6,8-9,11-18H2,1-4H3,(H,39,40,47)/t25-,27+. The Morgan fingerprint density at radius 3 is 2.32 bits per heavy atom. The van der Waals surface area contributed by atoms with Gasteiger partial charge in [-0.2, -0.15) is 5.10 Å². The minimum absolute atomic E-state index is 0.0505. The fourth-order valence-electron chi connectivity index (χ4n) is 7.63. The van der Waals surface area contributed by atoms with Gasteiger partial charge in [0.05, 0.1) is 28.9 Å². The Morgan fingerprint density at radius 2 is 1.64 bits per heavy atom. The van der Waals surface area contributed by atoms with E-state index in [9.17, 15) is 9.90 Å². The molecule has 0 spiro atoms. The van der Waals surface area contributed by atoms with Crippen LogP contribution in [0.5, 0.6) is 0 Å². The van der Waals surface area contributed by atoms with E-state index in [0.717, 1.165) is 87.4 Å². The maximum Gasteiger partial charge on any atom is 0.261 e. The molecule has 5 heterocycles. The van der Waals surface area contributed by atoms with E-state index in [1.165, 1.54) is 6.07 Å². The highest BCUT2D eigenvalue weighted by atomic mass is 19.1. The van der Waals surface area contributed by atoms with Crippen LogP contribution in [0.4, 0.5) is 16.0 Å². The van der Waals surface area contributed by atoms with Gasteiger partial charge in [0.1, 0.15) is 5.69 Å². The summed E-state index contributed by atoms with van der Waals surface area (Å²) < 4.78 is 19.7. The van der Waals surface area contributed by atoms with Crippen LogP contribution in [0.3, 0.4) is 0 Å². The Labute approximate surface area is 275 Å². The number of aryl methyl sites for hydroxylation is 2. The van der Waals surface area contributed by atoms with Crippen LogP contribution < -0.4 is 10.2 Å². The van der Waals surface area contributed by atoms with Crippen molar-refractivity contribution in [3.05, 3.63) is 53.2 Å². The number of carbonyl (C=O) groups excluding carboxylic acids is 1. The normalized spacial score (nSPS) is 21.9. The molecule has 3 aliphatic rings. The first-order chi connectivity index (χ1) is 22.7. The zero-order valence-electron chi connectivity index (χ0n) is 27.9. The van der Waals surface area contributed by atoms with Crippen LogP contribution in [0.25, 0.3) is 22.3 Å². The Morgan fingerprint density at radius 1 is 0.915 bits per heavy atom. The van der Waals surface area contributed by atoms with Gasteiger partial charge in [-0.25, -0.2) is 14.4 Å². The Balaban J connectivity index is 1.18. The average Bonchev–Trinajstić information content (AvgIpc) is 3.60. The van der Waals surface area contributed by atoms with Crippen molar-refractivity contribution in [3.63, 3.8) is 0 Å². The first-order valence-electron chi connectivity index (χ1n) is 17.0. The maximum absolute atomic E-state index is 16.0. The van der Waals surface area contributed by atoms with Crippen molar-refractivity contribution in [2.24, 2.45) is 7.05 Å². The molecule has 47 heavy (non-hydrogen) atoms. The van der Waals surface area contributed by atoms with Gasteiger partial charge >= 0.3 is 0 Å². The number of hydrogen-bond donors (Lipinski definition) is 2. The SMILES string of the molecule is Cc1cc(C(=O)Nc2nc3ccc(N4CCC(N5CCN(C)CC5)CC4)cc3n2[C@H]2CC[C@@H](O)CC2)c(F)c(-c2cnn(C)c2C)n1. The molecule has 0 unspecified atom stereocenters. The predicted molar refractivity (Wildman–Crippen MR) is 181 cm³/mol. The number of piperidine rings is 1. The number of fused-ring (bicyclic) bond motifs is 1. The molecule has 1 aliphatic carbocycles. The number of imidazole rings is 1. The first-order valence-corrected chi connectivity index (χ1v) is 17.0. The molecule has 3 aromatic heterocycles. The summed E-state index contributed by atoms with van der Waals surface area (Å²) in [7, 11) is 3.99. The number of likely N-dealkylation sites (N-methyl/N-ethyl adjacent to an activating group) is 1. The van der Waals surface area contributed by atoms with Gasteiger partial charge in [0, 0.05) is 81.0 Å². The molecule has 11 nitrogen and oxygen atoms in total. The number of carbonyl (C=O) groups is 1. The van der Waals surface area contributed by atoms with E-state index in [2.05, 4.69) is 53.8 Å². The Bertz CT molecular complexity index is 1760. The highest BCUT2D eigenvalue weighted by Crippen LogP contribution is 2.37. The molecule has 1 aromatic carbocycles. The van der Waals surface area contributed by atoms with Crippen molar-refractivity contribution in [2.75, 3.05) is 56.5 Å². The van der Waals surface area contributed by atoms with E-state index in [1.807, 2.05) is 13.0 Å². The van der Waals surface area contributed by atoms with Crippen molar-refractivity contribution in [1.29, 1.82) is 0 Å². The number of aliphatic hydroxyl groups is 1. The topological polar surface area (TPSA) is 108 Å². The molecule has 7 rings (SSSR count). The van der Waals surface area contributed by atoms with Gasteiger partial charge in [-0.05, 0) is 83.7 Å². The summed E-state index contributed by atoms with van der Waals surface area (Å²) in [6.07, 6.45) is 6.43. The van der Waals surface area contributed by atoms with Gasteiger partial charge in [-0.15, -0.1) is 0 Å². The molecule has 1 amide bonds. The lowest BCUT2D eigenvalue weighted by atomic mass is 9.93. The van der Waals surface area contributed by atoms with Crippen LogP contribution in [0, 0.1) is 19.7 Å². The zero-order valence-corrected chi connectivity index (χ0v) is 27.9. The molecule has 0 bridgehead atoms. The van der Waals surface area contributed by atoms with Crippen molar-refractivity contribution < 1.29 is 14.3 Å². The van der Waals surface area contributed by atoms with E-state index in [-0.39, 0.29) is 23.4 Å². The molecule has 0 atom stereocenters. The highest BCUT2D eigenvalue weighted by Gasteiger charge is 2.30. The molecule has 1 saturated carbocycles. The fourth-order valence-corrected chi connectivity index (χ4v) is 7.63. The number of anilines is 2. The number of benzene rings is 1. The second kappa shape index (κ2) is 13.0. The number of hydrogen-bond acceptors (Lipinski definition) is 8. The third-order valence-electron chi connectivity index (χ3n) is 10.6. The summed E-state index contributed by atoms with van der Waals surface area (Å²) in [5.41, 5.74) is 4.74. The average molecular weight is 644 g/mol. The van der Waals surface area contributed by atoms with Crippen LogP contribution in [0.2, 0.25) is 0 Å². The summed E-state index contributed by atoms with van der Waals surface area (Å²) in [6.45, 7) is 10.1. The Kier molecular flexibility index (Phi) is 8.75. The number of nitrogens with zero attached hydrogens (tertiary/aromatic N) is 8. The van der Waals surface area contributed by atoms with E-state index in [4.69, 9.17) is 4.98 Å². The third-order valence-corrected chi connectivity index (χ3v) is 10.6. The number of halogens is 1. The van der Waals surface area contributed by atoms with E-state index >= 15 is 4.39 Å². The lowest BCUT2D eigenvalue weighted by molar-refractivity contribution is 0.0982. The largest absolute Gasteiger partial charge is 0.393 e. The predicted octanol–water partition coefficient (Wildman–Crippen LogP) is 4.53. The van der Waals surface area contributed by atoms with E-state index in [1.54, 1.807) is 24.9 Å². The van der Waals surface area contributed by atoms with Crippen LogP contribution in [-0.4, -0.2) is 104 Å². The van der Waals surface area contributed by atoms with Crippen molar-refractivity contribution >= 4 is 28.6 Å². The van der Waals surface area contributed by atoms with Crippen molar-refractivity contribution in [2.45, 2.75) is 70.6 Å². The minimum Gasteiger partial charge on any atom is -0.393 e. The number of amides is 1. The van der Waals surface area contributed by atoms with Crippen LogP contribution >= 0.6 is 0 Å². The van der Waals surface area contributed by atoms with Crippen molar-refractivity contribution in [1.82, 2.24) is 34.1 Å². The van der Waals surface area contributed by atoms with Crippen LogP contribution in [0.1, 0.15) is 66.3 Å². The molecule has 4 aromatic rings. The number of pyridine rings is 1. The van der Waals surface area contributed by atoms with Gasteiger partial charge < -0.3 is 19.5 Å².